The number of hydrogen-bond donors (Lipinski definition) is 0. The maximum absolute atomic E-state index is 4.24. The van der Waals surface area contributed by atoms with E-state index in [9.17, 15) is 0 Å². The minimum atomic E-state index is 0.432. The van der Waals surface area contributed by atoms with E-state index in [2.05, 4.69) is 94.1 Å². The summed E-state index contributed by atoms with van der Waals surface area (Å²) in [6, 6.07) is 4.56. The molecular formula is C24H41N3S. The first kappa shape index (κ1) is 24.5. The molecule has 1 aromatic heterocycles. The Bertz CT molecular complexity index is 628. The third kappa shape index (κ3) is 9.11. The van der Waals surface area contributed by atoms with Crippen LogP contribution in [0.1, 0.15) is 38.5 Å². The molecule has 3 nitrogen and oxygen atoms in total. The lowest BCUT2D eigenvalue weighted by Gasteiger charge is -2.27. The Kier molecular flexibility index (Phi) is 10.6. The molecule has 0 spiro atoms. The second-order valence-corrected chi connectivity index (χ2v) is 9.72. The Morgan fingerprint density at radius 3 is 2.46 bits per heavy atom. The van der Waals surface area contributed by atoms with E-state index in [1.807, 2.05) is 17.4 Å². The molecule has 4 heteroatoms. The molecule has 28 heavy (non-hydrogen) atoms. The highest BCUT2D eigenvalue weighted by atomic mass is 32.1. The van der Waals surface area contributed by atoms with Crippen LogP contribution in [0.25, 0.3) is 0 Å². The summed E-state index contributed by atoms with van der Waals surface area (Å²) in [4.78, 5) is 8.27. The molecule has 1 heterocycles. The van der Waals surface area contributed by atoms with Crippen molar-refractivity contribution in [1.82, 2.24) is 9.80 Å². The van der Waals surface area contributed by atoms with Crippen LogP contribution in [0.4, 0.5) is 5.00 Å². The van der Waals surface area contributed by atoms with Crippen molar-refractivity contribution >= 4 is 16.3 Å². The van der Waals surface area contributed by atoms with Crippen LogP contribution in [-0.4, -0.2) is 57.1 Å². The highest BCUT2D eigenvalue weighted by Crippen LogP contribution is 2.31. The molecule has 0 atom stereocenters. The van der Waals surface area contributed by atoms with Gasteiger partial charge < -0.3 is 14.7 Å². The molecule has 0 saturated heterocycles. The van der Waals surface area contributed by atoms with Crippen molar-refractivity contribution in [3.05, 3.63) is 54.1 Å². The van der Waals surface area contributed by atoms with Crippen molar-refractivity contribution in [1.29, 1.82) is 0 Å². The highest BCUT2D eigenvalue weighted by molar-refractivity contribution is 7.16. The largest absolute Gasteiger partial charge is 0.367 e. The van der Waals surface area contributed by atoms with E-state index in [0.717, 1.165) is 31.9 Å². The van der Waals surface area contributed by atoms with Crippen LogP contribution in [0.5, 0.6) is 0 Å². The predicted octanol–water partition coefficient (Wildman–Crippen LogP) is 5.67. The molecule has 0 aliphatic rings. The number of rotatable bonds is 14. The van der Waals surface area contributed by atoms with Gasteiger partial charge in [-0.2, -0.15) is 0 Å². The van der Waals surface area contributed by atoms with E-state index in [4.69, 9.17) is 0 Å². The van der Waals surface area contributed by atoms with Gasteiger partial charge in [0, 0.05) is 43.8 Å². The molecule has 0 aliphatic carbocycles. The third-order valence-corrected chi connectivity index (χ3v) is 6.53. The molecule has 0 aliphatic heterocycles. The lowest BCUT2D eigenvalue weighted by molar-refractivity contribution is 0.323. The molecule has 0 radical (unpaired) electrons. The molecule has 1 rings (SSSR count). The van der Waals surface area contributed by atoms with Gasteiger partial charge in [0.1, 0.15) is 0 Å². The molecule has 0 bridgehead atoms. The number of anilines is 1. The van der Waals surface area contributed by atoms with Crippen LogP contribution in [0, 0.1) is 5.41 Å². The Morgan fingerprint density at radius 2 is 1.86 bits per heavy atom. The number of allylic oxidation sites excluding steroid dienone is 1. The number of likely N-dealkylation sites (N-methyl/N-ethyl adjacent to an activating group) is 2. The first-order chi connectivity index (χ1) is 13.2. The molecule has 0 N–H and O–H groups in total. The summed E-state index contributed by atoms with van der Waals surface area (Å²) in [5.41, 5.74) is 1.48. The van der Waals surface area contributed by atoms with Crippen LogP contribution in [-0.2, 0) is 6.42 Å². The van der Waals surface area contributed by atoms with E-state index < -0.39 is 0 Å². The average Bonchev–Trinajstić information content (AvgIpc) is 3.12. The highest BCUT2D eigenvalue weighted by Gasteiger charge is 2.16. The maximum atomic E-state index is 4.24. The predicted molar refractivity (Wildman–Crippen MR) is 129 cm³/mol. The van der Waals surface area contributed by atoms with Gasteiger partial charge in [-0.3, -0.25) is 0 Å². The van der Waals surface area contributed by atoms with E-state index >= 15 is 0 Å². The van der Waals surface area contributed by atoms with Crippen molar-refractivity contribution in [2.45, 2.75) is 40.0 Å². The van der Waals surface area contributed by atoms with E-state index in [0.29, 0.717) is 5.41 Å². The van der Waals surface area contributed by atoms with Crippen LogP contribution in [0.3, 0.4) is 0 Å². The molecule has 0 fully saturated rings. The Labute approximate surface area is 178 Å². The first-order valence-corrected chi connectivity index (χ1v) is 11.2. The fourth-order valence-electron chi connectivity index (χ4n) is 2.74. The number of aryl methyl sites for hydroxylation is 1. The zero-order valence-electron chi connectivity index (χ0n) is 19.0. The van der Waals surface area contributed by atoms with Crippen LogP contribution in [0.15, 0.2) is 49.2 Å². The Balaban J connectivity index is 2.58. The van der Waals surface area contributed by atoms with Crippen LogP contribution >= 0.6 is 11.3 Å². The SMILES string of the molecule is C=CCN(CCN(C)c1ccc(CCC(C)(C)CC)s1)C(=C)/C=C/CN(C)C. The zero-order valence-corrected chi connectivity index (χ0v) is 19.8. The van der Waals surface area contributed by atoms with Gasteiger partial charge in [0.25, 0.3) is 0 Å². The van der Waals surface area contributed by atoms with Gasteiger partial charge in [0.2, 0.25) is 0 Å². The van der Waals surface area contributed by atoms with E-state index in [-0.39, 0.29) is 0 Å². The minimum absolute atomic E-state index is 0.432. The smallest absolute Gasteiger partial charge is 0.0909 e. The Morgan fingerprint density at radius 1 is 1.14 bits per heavy atom. The van der Waals surface area contributed by atoms with Crippen molar-refractivity contribution in [3.8, 4) is 0 Å². The summed E-state index contributed by atoms with van der Waals surface area (Å²) in [5.74, 6) is 0. The summed E-state index contributed by atoms with van der Waals surface area (Å²) in [6.45, 7) is 18.8. The van der Waals surface area contributed by atoms with Crippen molar-refractivity contribution in [2.75, 3.05) is 52.2 Å². The van der Waals surface area contributed by atoms with Crippen molar-refractivity contribution in [2.24, 2.45) is 5.41 Å². The van der Waals surface area contributed by atoms with Crippen molar-refractivity contribution < 1.29 is 0 Å². The molecule has 0 aromatic carbocycles. The third-order valence-electron chi connectivity index (χ3n) is 5.27. The topological polar surface area (TPSA) is 9.72 Å². The molecule has 158 valence electrons. The lowest BCUT2D eigenvalue weighted by Crippen LogP contribution is -2.32. The average molecular weight is 404 g/mol. The van der Waals surface area contributed by atoms with Gasteiger partial charge in [0.15, 0.2) is 0 Å². The van der Waals surface area contributed by atoms with Gasteiger partial charge >= 0.3 is 0 Å². The standard InChI is InChI=1S/C24H41N3S/c1-9-17-27(21(3)12-11-18-25(6)7)20-19-26(8)23-14-13-22(28-23)15-16-24(4,5)10-2/h9,11-14H,1,3,10,15-20H2,2,4-8H3/b12-11+. The molecule has 0 amide bonds. The number of thiophene rings is 1. The fraction of sp³-hybridized carbons (Fsp3) is 0.583. The summed E-state index contributed by atoms with van der Waals surface area (Å²) in [7, 11) is 6.33. The van der Waals surface area contributed by atoms with Crippen LogP contribution < -0.4 is 4.90 Å². The quantitative estimate of drug-likeness (QED) is 0.292. The molecule has 1 aromatic rings. The molecule has 0 saturated carbocycles. The van der Waals surface area contributed by atoms with Crippen molar-refractivity contribution in [3.63, 3.8) is 0 Å². The lowest BCUT2D eigenvalue weighted by atomic mass is 9.85. The summed E-state index contributed by atoms with van der Waals surface area (Å²) >= 11 is 1.93. The molecule has 0 unspecified atom stereocenters. The first-order valence-electron chi connectivity index (χ1n) is 10.3. The van der Waals surface area contributed by atoms with Gasteiger partial charge in [-0.15, -0.1) is 17.9 Å². The fourth-order valence-corrected chi connectivity index (χ4v) is 3.73. The van der Waals surface area contributed by atoms with Gasteiger partial charge in [0.05, 0.1) is 5.00 Å². The summed E-state index contributed by atoms with van der Waals surface area (Å²) in [6.07, 6.45) is 9.88. The molecular weight excluding hydrogens is 362 g/mol. The van der Waals surface area contributed by atoms with E-state index in [1.165, 1.54) is 29.1 Å². The van der Waals surface area contributed by atoms with Gasteiger partial charge in [-0.05, 0) is 50.6 Å². The summed E-state index contributed by atoms with van der Waals surface area (Å²) < 4.78 is 0. The number of hydrogen-bond acceptors (Lipinski definition) is 4. The van der Waals surface area contributed by atoms with Gasteiger partial charge in [-0.1, -0.05) is 45.9 Å². The second kappa shape index (κ2) is 12.1. The van der Waals surface area contributed by atoms with Gasteiger partial charge in [-0.25, -0.2) is 0 Å². The monoisotopic (exact) mass is 403 g/mol. The minimum Gasteiger partial charge on any atom is -0.367 e. The van der Waals surface area contributed by atoms with Crippen LogP contribution in [0.2, 0.25) is 0 Å². The zero-order chi connectivity index (χ0) is 21.2. The summed E-state index contributed by atoms with van der Waals surface area (Å²) in [5, 5.41) is 1.34. The number of nitrogens with zero attached hydrogens (tertiary/aromatic N) is 3. The normalized spacial score (nSPS) is 12.0. The Hall–Kier alpha value is -1.52. The van der Waals surface area contributed by atoms with E-state index in [1.54, 1.807) is 0 Å². The maximum Gasteiger partial charge on any atom is 0.0909 e. The second-order valence-electron chi connectivity index (χ2n) is 8.57.